The van der Waals surface area contributed by atoms with Gasteiger partial charge in [0, 0.05) is 19.0 Å². The summed E-state index contributed by atoms with van der Waals surface area (Å²) in [6, 6.07) is 4.31. The van der Waals surface area contributed by atoms with Crippen molar-refractivity contribution >= 4 is 16.9 Å². The molecule has 134 valence electrons. The minimum Gasteiger partial charge on any atom is -0.353 e. The van der Waals surface area contributed by atoms with Gasteiger partial charge in [-0.05, 0) is 56.9 Å². The van der Waals surface area contributed by atoms with Gasteiger partial charge in [0.1, 0.15) is 5.69 Å². The lowest BCUT2D eigenvalue weighted by Crippen LogP contribution is -2.37. The first-order valence-corrected chi connectivity index (χ1v) is 9.23. The van der Waals surface area contributed by atoms with Crippen LogP contribution < -0.4 is 10.9 Å². The number of nitrogens with one attached hydrogen (secondary N) is 1. The van der Waals surface area contributed by atoms with E-state index in [1.807, 2.05) is 26.0 Å². The maximum absolute atomic E-state index is 12.6. The summed E-state index contributed by atoms with van der Waals surface area (Å²) in [5, 5.41) is 3.12. The minimum atomic E-state index is -0.110. The molecular formula is C20H27N3O2. The van der Waals surface area contributed by atoms with Crippen LogP contribution in [0.2, 0.25) is 0 Å². The van der Waals surface area contributed by atoms with E-state index in [0.29, 0.717) is 24.7 Å². The van der Waals surface area contributed by atoms with Crippen LogP contribution in [0.5, 0.6) is 0 Å². The van der Waals surface area contributed by atoms with Crippen LogP contribution in [0.1, 0.15) is 55.3 Å². The molecule has 3 rings (SSSR count). The van der Waals surface area contributed by atoms with Crippen LogP contribution in [0, 0.1) is 20.8 Å². The van der Waals surface area contributed by atoms with E-state index >= 15 is 0 Å². The first-order chi connectivity index (χ1) is 12.0. The van der Waals surface area contributed by atoms with Crippen LogP contribution in [-0.2, 0) is 11.3 Å². The van der Waals surface area contributed by atoms with Crippen LogP contribution in [-0.4, -0.2) is 21.5 Å². The highest BCUT2D eigenvalue weighted by molar-refractivity contribution is 5.78. The first kappa shape index (κ1) is 17.6. The Morgan fingerprint density at radius 1 is 1.16 bits per heavy atom. The SMILES string of the molecule is Cc1cc2nc(C)c(=O)n(CCC(=O)NC3CCCCC3)c2cc1C. The van der Waals surface area contributed by atoms with Gasteiger partial charge in [-0.3, -0.25) is 9.59 Å². The summed E-state index contributed by atoms with van der Waals surface area (Å²) in [6.45, 7) is 6.19. The molecule has 1 N–H and O–H groups in total. The number of nitrogens with zero attached hydrogens (tertiary/aromatic N) is 2. The fourth-order valence-corrected chi connectivity index (χ4v) is 3.61. The Hall–Kier alpha value is -2.17. The van der Waals surface area contributed by atoms with E-state index in [1.165, 1.54) is 19.3 Å². The minimum absolute atomic E-state index is 0.0326. The molecule has 0 spiro atoms. The predicted octanol–water partition coefficient (Wildman–Crippen LogP) is 3.16. The second-order valence-electron chi connectivity index (χ2n) is 7.23. The Bertz CT molecular complexity index is 848. The second kappa shape index (κ2) is 7.38. The van der Waals surface area contributed by atoms with Crippen molar-refractivity contribution in [2.45, 2.75) is 71.9 Å². The van der Waals surface area contributed by atoms with Gasteiger partial charge >= 0.3 is 0 Å². The highest BCUT2D eigenvalue weighted by Gasteiger charge is 2.16. The molecule has 0 radical (unpaired) electrons. The molecule has 5 nitrogen and oxygen atoms in total. The molecule has 0 bridgehead atoms. The molecule has 1 aromatic carbocycles. The molecule has 0 saturated heterocycles. The maximum atomic E-state index is 12.6. The summed E-state index contributed by atoms with van der Waals surface area (Å²) in [7, 11) is 0. The first-order valence-electron chi connectivity index (χ1n) is 9.23. The van der Waals surface area contributed by atoms with Gasteiger partial charge in [-0.15, -0.1) is 0 Å². The van der Waals surface area contributed by atoms with Gasteiger partial charge in [0.25, 0.3) is 5.56 Å². The average molecular weight is 341 g/mol. The largest absolute Gasteiger partial charge is 0.353 e. The number of aryl methyl sites for hydroxylation is 4. The van der Waals surface area contributed by atoms with Crippen LogP contribution in [0.25, 0.3) is 11.0 Å². The molecule has 25 heavy (non-hydrogen) atoms. The summed E-state index contributed by atoms with van der Waals surface area (Å²) in [6.07, 6.45) is 6.11. The molecule has 1 fully saturated rings. The Kier molecular flexibility index (Phi) is 5.21. The molecule has 1 saturated carbocycles. The van der Waals surface area contributed by atoms with Gasteiger partial charge in [-0.2, -0.15) is 0 Å². The number of carbonyl (C=O) groups excluding carboxylic acids is 1. The summed E-state index contributed by atoms with van der Waals surface area (Å²) >= 11 is 0. The number of hydrogen-bond acceptors (Lipinski definition) is 3. The lowest BCUT2D eigenvalue weighted by atomic mass is 9.95. The third-order valence-electron chi connectivity index (χ3n) is 5.26. The van der Waals surface area contributed by atoms with Crippen LogP contribution in [0.3, 0.4) is 0 Å². The number of aromatic nitrogens is 2. The number of hydrogen-bond donors (Lipinski definition) is 1. The van der Waals surface area contributed by atoms with Crippen LogP contribution in [0.4, 0.5) is 0 Å². The summed E-state index contributed by atoms with van der Waals surface area (Å²) in [4.78, 5) is 29.3. The van der Waals surface area contributed by atoms with E-state index in [4.69, 9.17) is 0 Å². The molecule has 0 aliphatic heterocycles. The molecule has 1 aliphatic rings. The van der Waals surface area contributed by atoms with Gasteiger partial charge in [-0.1, -0.05) is 19.3 Å². The number of fused-ring (bicyclic) bond motifs is 1. The Balaban J connectivity index is 1.80. The maximum Gasteiger partial charge on any atom is 0.272 e. The van der Waals surface area contributed by atoms with Gasteiger partial charge in [-0.25, -0.2) is 4.98 Å². The van der Waals surface area contributed by atoms with Gasteiger partial charge in [0.2, 0.25) is 5.91 Å². The standard InChI is InChI=1S/C20H27N3O2/c1-13-11-17-18(12-14(13)2)23(20(25)15(3)21-17)10-9-19(24)22-16-7-5-4-6-8-16/h11-12,16H,4-10H2,1-3H3,(H,22,24). The van der Waals surface area contributed by atoms with Gasteiger partial charge in [0.15, 0.2) is 0 Å². The molecule has 1 amide bonds. The number of amides is 1. The fraction of sp³-hybridized carbons (Fsp3) is 0.550. The van der Waals surface area contributed by atoms with Crippen molar-refractivity contribution in [1.82, 2.24) is 14.9 Å². The third kappa shape index (κ3) is 3.91. The average Bonchev–Trinajstić information content (AvgIpc) is 2.58. The molecule has 5 heteroatoms. The van der Waals surface area contributed by atoms with Crippen molar-refractivity contribution < 1.29 is 4.79 Å². The molecular weight excluding hydrogens is 314 g/mol. The third-order valence-corrected chi connectivity index (χ3v) is 5.26. The van der Waals surface area contributed by atoms with Crippen molar-refractivity contribution in [3.05, 3.63) is 39.3 Å². The number of carbonyl (C=O) groups is 1. The highest BCUT2D eigenvalue weighted by Crippen LogP contribution is 2.18. The monoisotopic (exact) mass is 341 g/mol. The molecule has 2 aromatic rings. The quantitative estimate of drug-likeness (QED) is 0.929. The van der Waals surface area contributed by atoms with Crippen LogP contribution in [0.15, 0.2) is 16.9 Å². The van der Waals surface area contributed by atoms with Crippen molar-refractivity contribution in [3.63, 3.8) is 0 Å². The molecule has 0 atom stereocenters. The predicted molar refractivity (Wildman–Crippen MR) is 99.8 cm³/mol. The zero-order valence-corrected chi connectivity index (χ0v) is 15.4. The van der Waals surface area contributed by atoms with Crippen molar-refractivity contribution in [2.75, 3.05) is 0 Å². The van der Waals surface area contributed by atoms with E-state index in [-0.39, 0.29) is 11.5 Å². The summed E-state index contributed by atoms with van der Waals surface area (Å²) < 4.78 is 1.70. The fourth-order valence-electron chi connectivity index (χ4n) is 3.61. The lowest BCUT2D eigenvalue weighted by Gasteiger charge is -2.23. The van der Waals surface area contributed by atoms with E-state index in [1.54, 1.807) is 11.5 Å². The molecule has 1 aliphatic carbocycles. The number of rotatable bonds is 4. The number of benzene rings is 1. The smallest absolute Gasteiger partial charge is 0.272 e. The molecule has 1 aromatic heterocycles. The lowest BCUT2D eigenvalue weighted by molar-refractivity contribution is -0.122. The Morgan fingerprint density at radius 2 is 1.84 bits per heavy atom. The van der Waals surface area contributed by atoms with E-state index in [0.717, 1.165) is 35.0 Å². The van der Waals surface area contributed by atoms with Crippen LogP contribution >= 0.6 is 0 Å². The zero-order valence-electron chi connectivity index (χ0n) is 15.4. The van der Waals surface area contributed by atoms with Crippen molar-refractivity contribution in [3.8, 4) is 0 Å². The summed E-state index contributed by atoms with van der Waals surface area (Å²) in [5.74, 6) is 0.0326. The Morgan fingerprint density at radius 3 is 2.56 bits per heavy atom. The van der Waals surface area contributed by atoms with Crippen molar-refractivity contribution in [1.29, 1.82) is 0 Å². The van der Waals surface area contributed by atoms with E-state index in [2.05, 4.69) is 10.3 Å². The summed E-state index contributed by atoms with van der Waals surface area (Å²) in [5.41, 5.74) is 4.26. The molecule has 1 heterocycles. The highest BCUT2D eigenvalue weighted by atomic mass is 16.2. The van der Waals surface area contributed by atoms with Gasteiger partial charge in [0.05, 0.1) is 11.0 Å². The Labute approximate surface area is 148 Å². The van der Waals surface area contributed by atoms with E-state index < -0.39 is 0 Å². The van der Waals surface area contributed by atoms with Crippen molar-refractivity contribution in [2.24, 2.45) is 0 Å². The molecule has 0 unspecified atom stereocenters. The van der Waals surface area contributed by atoms with E-state index in [9.17, 15) is 9.59 Å². The normalized spacial score (nSPS) is 15.5. The van der Waals surface area contributed by atoms with Gasteiger partial charge < -0.3 is 9.88 Å². The zero-order chi connectivity index (χ0) is 18.0. The second-order valence-corrected chi connectivity index (χ2v) is 7.23. The topological polar surface area (TPSA) is 64.0 Å².